The second-order valence-corrected chi connectivity index (χ2v) is 21.4. The first-order chi connectivity index (χ1) is 19.9. The van der Waals surface area contributed by atoms with Gasteiger partial charge in [-0.3, -0.25) is 4.79 Å². The van der Waals surface area contributed by atoms with Crippen LogP contribution in [0.1, 0.15) is 124 Å². The Labute approximate surface area is 257 Å². The number of ether oxygens (including phenoxy) is 1. The normalized spacial score (nSPS) is 27.0. The molecule has 2 aromatic rings. The Hall–Kier alpha value is -2.00. The molecule has 42 heavy (non-hydrogen) atoms. The van der Waals surface area contributed by atoms with Gasteiger partial charge < -0.3 is 9.64 Å². The van der Waals surface area contributed by atoms with Gasteiger partial charge in [0.25, 0.3) is 0 Å². The van der Waals surface area contributed by atoms with Gasteiger partial charge in [0, 0.05) is 23.0 Å². The second kappa shape index (κ2) is 12.5. The Balaban J connectivity index is 1.43. The number of thiophene rings is 1. The number of carbonyl (C=O) groups excluding carboxylic acids is 2. The molecular weight excluding hydrogens is 561 g/mol. The van der Waals surface area contributed by atoms with Crippen LogP contribution in [0, 0.1) is 17.3 Å². The molecule has 1 amide bonds. The maximum atomic E-state index is 14.5. The summed E-state index contributed by atoms with van der Waals surface area (Å²) in [6, 6.07) is 2.58. The van der Waals surface area contributed by atoms with Gasteiger partial charge in [0.05, 0.1) is 24.2 Å². The Morgan fingerprint density at radius 1 is 1.00 bits per heavy atom. The topological polar surface area (TPSA) is 77.3 Å². The van der Waals surface area contributed by atoms with Crippen LogP contribution in [0.2, 0.25) is 19.6 Å². The van der Waals surface area contributed by atoms with Gasteiger partial charge >= 0.3 is 5.97 Å². The average Bonchev–Trinajstić information content (AvgIpc) is 3.62. The zero-order valence-corrected chi connectivity index (χ0v) is 28.8. The average molecular weight is 613 g/mol. The summed E-state index contributed by atoms with van der Waals surface area (Å²) in [6.45, 7) is 13.9. The lowest BCUT2D eigenvalue weighted by Crippen LogP contribution is -2.46. The fourth-order valence-corrected chi connectivity index (χ4v) is 9.38. The summed E-state index contributed by atoms with van der Waals surface area (Å²) >= 11 is 1.57. The Bertz CT molecular complexity index is 1240. The summed E-state index contributed by atoms with van der Waals surface area (Å²) in [5.74, 6) is 1.04. The van der Waals surface area contributed by atoms with Crippen molar-refractivity contribution in [1.82, 2.24) is 15.0 Å². The third kappa shape index (κ3) is 6.87. The quantitative estimate of drug-likeness (QED) is 0.237. The fraction of sp³-hybridized carbons (Fsp3) is 0.758. The largest absolute Gasteiger partial charge is 0.465 e. The van der Waals surface area contributed by atoms with Crippen molar-refractivity contribution >= 4 is 42.3 Å². The summed E-state index contributed by atoms with van der Waals surface area (Å²) in [5.41, 5.74) is 1.18. The van der Waals surface area contributed by atoms with E-state index in [0.29, 0.717) is 28.2 Å². The van der Waals surface area contributed by atoms with Gasteiger partial charge in [0.2, 0.25) is 5.91 Å². The van der Waals surface area contributed by atoms with Crippen LogP contribution in [-0.2, 0) is 9.53 Å². The van der Waals surface area contributed by atoms with Crippen molar-refractivity contribution < 1.29 is 14.3 Å². The predicted molar refractivity (Wildman–Crippen MR) is 174 cm³/mol. The molecule has 7 nitrogen and oxygen atoms in total. The van der Waals surface area contributed by atoms with Crippen molar-refractivity contribution in [2.45, 2.75) is 135 Å². The van der Waals surface area contributed by atoms with Gasteiger partial charge in [-0.25, -0.2) is 9.48 Å². The van der Waals surface area contributed by atoms with E-state index in [1.165, 1.54) is 24.8 Å². The van der Waals surface area contributed by atoms with Crippen LogP contribution in [0.4, 0.5) is 5.69 Å². The van der Waals surface area contributed by atoms with Crippen LogP contribution in [0.5, 0.6) is 0 Å². The predicted octanol–water partition coefficient (Wildman–Crippen LogP) is 7.70. The van der Waals surface area contributed by atoms with E-state index in [9.17, 15) is 9.59 Å². The zero-order valence-electron chi connectivity index (χ0n) is 26.9. The van der Waals surface area contributed by atoms with Gasteiger partial charge in [0.1, 0.15) is 13.0 Å². The molecule has 2 heterocycles. The van der Waals surface area contributed by atoms with Crippen molar-refractivity contribution in [2.75, 3.05) is 12.0 Å². The van der Waals surface area contributed by atoms with Crippen molar-refractivity contribution in [3.63, 3.8) is 0 Å². The molecule has 3 fully saturated rings. The number of carbonyl (C=O) groups is 2. The van der Waals surface area contributed by atoms with Crippen LogP contribution in [0.15, 0.2) is 12.3 Å². The summed E-state index contributed by atoms with van der Waals surface area (Å²) in [5, 5.41) is 10.2. The van der Waals surface area contributed by atoms with E-state index in [4.69, 9.17) is 4.74 Å². The number of aromatic nitrogens is 3. The number of hydrogen-bond acceptors (Lipinski definition) is 6. The number of esters is 1. The van der Waals surface area contributed by atoms with Crippen molar-refractivity contribution in [1.29, 1.82) is 0 Å². The highest BCUT2D eigenvalue weighted by atomic mass is 32.1. The SMILES string of the molecule is COC(=O)c1sc(C2CCC(C)(C)CC2)cc1N(C(=O)C1CCC(C)CC1)C1CCC(n2cc([Si](C)(C)C)nn2)CC1. The lowest BCUT2D eigenvalue weighted by atomic mass is 9.73. The number of methoxy groups -OCH3 is 1. The second-order valence-electron chi connectivity index (χ2n) is 15.3. The molecule has 2 aromatic heterocycles. The molecule has 0 bridgehead atoms. The minimum atomic E-state index is -1.52. The molecule has 3 aliphatic rings. The van der Waals surface area contributed by atoms with Gasteiger partial charge in [-0.15, -0.1) is 16.4 Å². The number of anilines is 1. The van der Waals surface area contributed by atoms with E-state index in [0.717, 1.165) is 75.2 Å². The summed E-state index contributed by atoms with van der Waals surface area (Å²) in [6.07, 6.45) is 14.6. The molecule has 0 unspecified atom stereocenters. The number of hydrogen-bond donors (Lipinski definition) is 0. The Morgan fingerprint density at radius 2 is 1.64 bits per heavy atom. The lowest BCUT2D eigenvalue weighted by Gasteiger charge is -2.39. The van der Waals surface area contributed by atoms with Crippen molar-refractivity contribution in [3.05, 3.63) is 22.0 Å². The molecule has 232 valence electrons. The smallest absolute Gasteiger partial charge is 0.350 e. The van der Waals surface area contributed by atoms with Crippen molar-refractivity contribution in [2.24, 2.45) is 17.3 Å². The third-order valence-corrected chi connectivity index (χ3v) is 13.4. The van der Waals surface area contributed by atoms with Gasteiger partial charge in [0.15, 0.2) is 0 Å². The molecule has 0 aliphatic heterocycles. The molecule has 0 N–H and O–H groups in total. The van der Waals surface area contributed by atoms with E-state index >= 15 is 0 Å². The summed E-state index contributed by atoms with van der Waals surface area (Å²) < 4.78 is 7.39. The summed E-state index contributed by atoms with van der Waals surface area (Å²) in [4.78, 5) is 31.6. The minimum absolute atomic E-state index is 0.0258. The van der Waals surface area contributed by atoms with Crippen LogP contribution in [0.3, 0.4) is 0 Å². The van der Waals surface area contributed by atoms with E-state index in [2.05, 4.69) is 72.6 Å². The van der Waals surface area contributed by atoms with Crippen molar-refractivity contribution in [3.8, 4) is 0 Å². The highest BCUT2D eigenvalue weighted by Gasteiger charge is 2.39. The highest BCUT2D eigenvalue weighted by molar-refractivity contribution is 7.14. The van der Waals surface area contributed by atoms with Crippen LogP contribution in [0.25, 0.3) is 0 Å². The maximum absolute atomic E-state index is 14.5. The van der Waals surface area contributed by atoms with E-state index < -0.39 is 8.07 Å². The highest BCUT2D eigenvalue weighted by Crippen LogP contribution is 2.47. The minimum Gasteiger partial charge on any atom is -0.465 e. The van der Waals surface area contributed by atoms with Gasteiger partial charge in [-0.1, -0.05) is 45.6 Å². The first kappa shape index (κ1) is 31.4. The van der Waals surface area contributed by atoms with E-state index in [1.807, 2.05) is 0 Å². The molecule has 0 saturated heterocycles. The van der Waals surface area contributed by atoms with Gasteiger partial charge in [-0.05, 0) is 100 Å². The van der Waals surface area contributed by atoms with E-state index in [1.54, 1.807) is 11.3 Å². The van der Waals surface area contributed by atoms with Gasteiger partial charge in [-0.2, -0.15) is 0 Å². The molecule has 3 saturated carbocycles. The zero-order chi connectivity index (χ0) is 30.2. The maximum Gasteiger partial charge on any atom is 0.350 e. The van der Waals surface area contributed by atoms with E-state index in [-0.39, 0.29) is 23.8 Å². The molecular formula is C33H52N4O3SSi. The molecule has 0 aromatic carbocycles. The fourth-order valence-electron chi connectivity index (χ4n) is 7.28. The van der Waals surface area contributed by atoms with Crippen LogP contribution < -0.4 is 10.2 Å². The van der Waals surface area contributed by atoms with Crippen LogP contribution in [-0.4, -0.2) is 48.1 Å². The number of amides is 1. The first-order valence-electron chi connectivity index (χ1n) is 16.3. The number of rotatable bonds is 7. The molecule has 0 atom stereocenters. The molecule has 3 aliphatic carbocycles. The lowest BCUT2D eigenvalue weighted by molar-refractivity contribution is -0.124. The Morgan fingerprint density at radius 3 is 2.21 bits per heavy atom. The molecule has 0 radical (unpaired) electrons. The Kier molecular flexibility index (Phi) is 9.38. The summed E-state index contributed by atoms with van der Waals surface area (Å²) in [7, 11) is -0.0621. The van der Waals surface area contributed by atoms with Crippen LogP contribution >= 0.6 is 11.3 Å². The monoisotopic (exact) mass is 612 g/mol. The molecule has 0 spiro atoms. The molecule has 5 rings (SSSR count). The standard InChI is InChI=1S/C33H52N4O3SSi/c1-22-8-10-24(11-9-22)31(38)37(26-14-12-25(13-15-26)36-21-29(34-35-36)42(5,6)7)27-20-28(41-30(27)32(39)40-4)23-16-18-33(2,3)19-17-23/h20-26H,8-19H2,1-7H3. The number of nitrogens with zero attached hydrogens (tertiary/aromatic N) is 4. The third-order valence-electron chi connectivity index (χ3n) is 10.4. The first-order valence-corrected chi connectivity index (χ1v) is 20.7. The molecule has 9 heteroatoms.